The van der Waals surface area contributed by atoms with E-state index < -0.39 is 0 Å². The smallest absolute Gasteiger partial charge is 0.127 e. The summed E-state index contributed by atoms with van der Waals surface area (Å²) >= 11 is 3.36. The van der Waals surface area contributed by atoms with Crippen LogP contribution >= 0.6 is 15.9 Å². The zero-order chi connectivity index (χ0) is 12.3. The van der Waals surface area contributed by atoms with Crippen LogP contribution in [-0.2, 0) is 6.54 Å². The van der Waals surface area contributed by atoms with Gasteiger partial charge in [-0.2, -0.15) is 0 Å². The summed E-state index contributed by atoms with van der Waals surface area (Å²) in [5, 5.41) is 8.90. The first kappa shape index (κ1) is 13.0. The van der Waals surface area contributed by atoms with Crippen molar-refractivity contribution >= 4 is 15.9 Å². The van der Waals surface area contributed by atoms with Crippen molar-refractivity contribution in [3.05, 3.63) is 34.1 Å². The van der Waals surface area contributed by atoms with Crippen LogP contribution in [0.5, 0.6) is 0 Å². The molecule has 1 aliphatic heterocycles. The largest absolute Gasteiger partial charge is 0.396 e. The van der Waals surface area contributed by atoms with Crippen LogP contribution in [0.2, 0.25) is 0 Å². The number of rotatable bonds is 4. The zero-order valence-electron chi connectivity index (χ0n) is 9.70. The number of aliphatic hydroxyl groups excluding tert-OH is 1. The molecular weight excluding hydrogens is 285 g/mol. The summed E-state index contributed by atoms with van der Waals surface area (Å²) in [5.41, 5.74) is 0.740. The van der Waals surface area contributed by atoms with Gasteiger partial charge in [0.15, 0.2) is 0 Å². The van der Waals surface area contributed by atoms with E-state index in [2.05, 4.69) is 20.8 Å². The predicted molar refractivity (Wildman–Crippen MR) is 69.2 cm³/mol. The molecule has 0 saturated carbocycles. The third-order valence-electron chi connectivity index (χ3n) is 3.31. The topological polar surface area (TPSA) is 23.5 Å². The Labute approximate surface area is 110 Å². The van der Waals surface area contributed by atoms with E-state index in [1.54, 1.807) is 6.07 Å². The van der Waals surface area contributed by atoms with Crippen LogP contribution in [0.4, 0.5) is 4.39 Å². The van der Waals surface area contributed by atoms with E-state index in [1.807, 2.05) is 6.07 Å². The molecule has 1 atom stereocenters. The average Bonchev–Trinajstić information content (AvgIpc) is 2.72. The van der Waals surface area contributed by atoms with E-state index in [4.69, 9.17) is 5.11 Å². The quantitative estimate of drug-likeness (QED) is 0.924. The summed E-state index contributed by atoms with van der Waals surface area (Å²) in [6.07, 6.45) is 1.97. The normalized spacial score (nSPS) is 21.0. The summed E-state index contributed by atoms with van der Waals surface area (Å²) in [7, 11) is 0. The first-order valence-corrected chi connectivity index (χ1v) is 6.75. The van der Waals surface area contributed by atoms with Crippen molar-refractivity contribution in [2.45, 2.75) is 19.4 Å². The summed E-state index contributed by atoms with van der Waals surface area (Å²) < 4.78 is 14.5. The van der Waals surface area contributed by atoms with E-state index in [-0.39, 0.29) is 12.4 Å². The summed E-state index contributed by atoms with van der Waals surface area (Å²) in [4.78, 5) is 2.26. The molecule has 1 N–H and O–H groups in total. The SMILES string of the molecule is OCCC1CCN(Cc2cc(Br)ccc2F)C1. The molecule has 2 nitrogen and oxygen atoms in total. The van der Waals surface area contributed by atoms with Crippen LogP contribution in [0, 0.1) is 11.7 Å². The third kappa shape index (κ3) is 3.50. The van der Waals surface area contributed by atoms with Crippen LogP contribution in [0.1, 0.15) is 18.4 Å². The molecule has 2 rings (SSSR count). The molecule has 0 spiro atoms. The minimum absolute atomic E-state index is 0.140. The molecule has 1 heterocycles. The van der Waals surface area contributed by atoms with Crippen LogP contribution in [0.15, 0.2) is 22.7 Å². The van der Waals surface area contributed by atoms with Gasteiger partial charge in [0.2, 0.25) is 0 Å². The van der Waals surface area contributed by atoms with E-state index in [0.717, 1.165) is 36.0 Å². The number of halogens is 2. The number of nitrogens with zero attached hydrogens (tertiary/aromatic N) is 1. The Balaban J connectivity index is 1.95. The maximum atomic E-state index is 13.6. The Morgan fingerprint density at radius 2 is 2.29 bits per heavy atom. The number of hydrogen-bond donors (Lipinski definition) is 1. The second-order valence-corrected chi connectivity index (χ2v) is 5.55. The maximum Gasteiger partial charge on any atom is 0.127 e. The molecule has 17 heavy (non-hydrogen) atoms. The lowest BCUT2D eigenvalue weighted by Crippen LogP contribution is -2.21. The summed E-state index contributed by atoms with van der Waals surface area (Å²) in [6.45, 7) is 2.88. The van der Waals surface area contributed by atoms with Gasteiger partial charge in [0.05, 0.1) is 0 Å². The summed E-state index contributed by atoms with van der Waals surface area (Å²) in [6, 6.07) is 5.06. The van der Waals surface area contributed by atoms with Gasteiger partial charge in [-0.3, -0.25) is 4.90 Å². The van der Waals surface area contributed by atoms with Crippen LogP contribution in [0.25, 0.3) is 0 Å². The molecule has 0 bridgehead atoms. The van der Waals surface area contributed by atoms with Gasteiger partial charge in [0, 0.05) is 29.7 Å². The maximum absolute atomic E-state index is 13.6. The van der Waals surface area contributed by atoms with Crippen molar-refractivity contribution in [3.8, 4) is 0 Å². The van der Waals surface area contributed by atoms with Gasteiger partial charge >= 0.3 is 0 Å². The highest BCUT2D eigenvalue weighted by Crippen LogP contribution is 2.23. The molecule has 1 aliphatic rings. The van der Waals surface area contributed by atoms with Crippen molar-refractivity contribution < 1.29 is 9.50 Å². The van der Waals surface area contributed by atoms with Crippen LogP contribution in [0.3, 0.4) is 0 Å². The Morgan fingerprint density at radius 1 is 1.47 bits per heavy atom. The standard InChI is InChI=1S/C13H17BrFNO/c14-12-1-2-13(15)11(7-12)9-16-5-3-10(8-16)4-6-17/h1-2,7,10,17H,3-6,8-9H2. The fourth-order valence-electron chi connectivity index (χ4n) is 2.38. The van der Waals surface area contributed by atoms with Gasteiger partial charge in [0.25, 0.3) is 0 Å². The Hall–Kier alpha value is -0.450. The average molecular weight is 302 g/mol. The third-order valence-corrected chi connectivity index (χ3v) is 3.80. The van der Waals surface area contributed by atoms with E-state index in [1.165, 1.54) is 6.07 Å². The van der Waals surface area contributed by atoms with Crippen molar-refractivity contribution in [2.24, 2.45) is 5.92 Å². The van der Waals surface area contributed by atoms with E-state index in [9.17, 15) is 4.39 Å². The Bertz CT molecular complexity index is 386. The highest BCUT2D eigenvalue weighted by atomic mass is 79.9. The first-order chi connectivity index (χ1) is 8.19. The number of hydrogen-bond acceptors (Lipinski definition) is 2. The molecule has 1 aromatic carbocycles. The van der Waals surface area contributed by atoms with Crippen molar-refractivity contribution in [2.75, 3.05) is 19.7 Å². The van der Waals surface area contributed by atoms with Crippen molar-refractivity contribution in [1.82, 2.24) is 4.90 Å². The van der Waals surface area contributed by atoms with Crippen molar-refractivity contribution in [1.29, 1.82) is 0 Å². The van der Waals surface area contributed by atoms with Gasteiger partial charge < -0.3 is 5.11 Å². The molecule has 1 aromatic rings. The van der Waals surface area contributed by atoms with Gasteiger partial charge in [0.1, 0.15) is 5.82 Å². The molecule has 0 aromatic heterocycles. The summed E-state index contributed by atoms with van der Waals surface area (Å²) in [5.74, 6) is 0.425. The molecule has 0 amide bonds. The van der Waals surface area contributed by atoms with Crippen LogP contribution < -0.4 is 0 Å². The van der Waals surface area contributed by atoms with Crippen LogP contribution in [-0.4, -0.2) is 29.7 Å². The zero-order valence-corrected chi connectivity index (χ0v) is 11.3. The fraction of sp³-hybridized carbons (Fsp3) is 0.538. The number of aliphatic hydroxyl groups is 1. The Morgan fingerprint density at radius 3 is 3.06 bits per heavy atom. The monoisotopic (exact) mass is 301 g/mol. The molecule has 4 heteroatoms. The predicted octanol–water partition coefficient (Wildman–Crippen LogP) is 2.79. The number of benzene rings is 1. The van der Waals surface area contributed by atoms with Gasteiger partial charge in [-0.1, -0.05) is 15.9 Å². The van der Waals surface area contributed by atoms with Gasteiger partial charge in [-0.15, -0.1) is 0 Å². The number of likely N-dealkylation sites (tertiary alicyclic amines) is 1. The lowest BCUT2D eigenvalue weighted by Gasteiger charge is -2.16. The molecule has 1 unspecified atom stereocenters. The molecule has 0 aliphatic carbocycles. The molecule has 94 valence electrons. The molecule has 1 fully saturated rings. The second kappa shape index (κ2) is 5.94. The Kier molecular flexibility index (Phi) is 4.54. The highest BCUT2D eigenvalue weighted by Gasteiger charge is 2.22. The van der Waals surface area contributed by atoms with E-state index >= 15 is 0 Å². The van der Waals surface area contributed by atoms with Gasteiger partial charge in [-0.05, 0) is 43.5 Å². The van der Waals surface area contributed by atoms with Crippen molar-refractivity contribution in [3.63, 3.8) is 0 Å². The second-order valence-electron chi connectivity index (χ2n) is 4.64. The minimum atomic E-state index is -0.140. The fourth-order valence-corrected chi connectivity index (χ4v) is 2.79. The minimum Gasteiger partial charge on any atom is -0.396 e. The first-order valence-electron chi connectivity index (χ1n) is 5.96. The lowest BCUT2D eigenvalue weighted by molar-refractivity contribution is 0.248. The molecular formula is C13H17BrFNO. The lowest BCUT2D eigenvalue weighted by atomic mass is 10.1. The molecule has 0 radical (unpaired) electrons. The highest BCUT2D eigenvalue weighted by molar-refractivity contribution is 9.10. The molecule has 1 saturated heterocycles. The van der Waals surface area contributed by atoms with E-state index in [0.29, 0.717) is 12.5 Å². The van der Waals surface area contributed by atoms with Gasteiger partial charge in [-0.25, -0.2) is 4.39 Å².